The molecule has 0 amide bonds. The number of benzene rings is 2. The second kappa shape index (κ2) is 3.85. The van der Waals surface area contributed by atoms with Crippen molar-refractivity contribution in [1.29, 1.82) is 0 Å². The average Bonchev–Trinajstić information content (AvgIpc) is 2.18. The summed E-state index contributed by atoms with van der Waals surface area (Å²) >= 11 is 5.94. The van der Waals surface area contributed by atoms with Crippen LogP contribution in [-0.2, 0) is 0 Å². The van der Waals surface area contributed by atoms with Crippen molar-refractivity contribution in [3.05, 3.63) is 59.1 Å². The van der Waals surface area contributed by atoms with Crippen LogP contribution in [0.5, 0.6) is 0 Å². The lowest BCUT2D eigenvalue weighted by Crippen LogP contribution is -1.82. The second-order valence-electron chi connectivity index (χ2n) is 3.22. The molecule has 0 aromatic heterocycles. The van der Waals surface area contributed by atoms with E-state index in [2.05, 4.69) is 25.1 Å². The van der Waals surface area contributed by atoms with Crippen LogP contribution in [0.1, 0.15) is 5.56 Å². The van der Waals surface area contributed by atoms with Gasteiger partial charge in [0.25, 0.3) is 0 Å². The lowest BCUT2D eigenvalue weighted by atomic mass is 10.0. The Morgan fingerprint density at radius 1 is 1.14 bits per heavy atom. The summed E-state index contributed by atoms with van der Waals surface area (Å²) in [5, 5.41) is 0.769. The molecule has 2 aromatic rings. The maximum Gasteiger partial charge on any atom is 0.0412 e. The van der Waals surface area contributed by atoms with E-state index in [0.717, 1.165) is 16.1 Å². The quantitative estimate of drug-likeness (QED) is 0.651. The normalized spacial score (nSPS) is 10.1. The van der Waals surface area contributed by atoms with E-state index in [0.29, 0.717) is 0 Å². The van der Waals surface area contributed by atoms with Gasteiger partial charge >= 0.3 is 0 Å². The summed E-state index contributed by atoms with van der Waals surface area (Å²) in [6.45, 7) is 2.05. The van der Waals surface area contributed by atoms with Gasteiger partial charge < -0.3 is 0 Å². The minimum Gasteiger partial charge on any atom is -0.0843 e. The number of aryl methyl sites for hydroxylation is 1. The summed E-state index contributed by atoms with van der Waals surface area (Å²) in [6, 6.07) is 17.0. The molecule has 1 heteroatoms. The molecule has 0 heterocycles. The molecule has 69 valence electrons. The van der Waals surface area contributed by atoms with Crippen LogP contribution < -0.4 is 0 Å². The van der Waals surface area contributed by atoms with Gasteiger partial charge in [-0.05, 0) is 41.8 Å². The van der Waals surface area contributed by atoms with Gasteiger partial charge in [0.2, 0.25) is 0 Å². The van der Waals surface area contributed by atoms with Gasteiger partial charge in [-0.25, -0.2) is 0 Å². The summed E-state index contributed by atoms with van der Waals surface area (Å²) < 4.78 is 0. The lowest BCUT2D eigenvalue weighted by Gasteiger charge is -2.04. The van der Waals surface area contributed by atoms with E-state index in [4.69, 9.17) is 11.6 Å². The average molecular weight is 202 g/mol. The molecule has 0 aliphatic carbocycles. The monoisotopic (exact) mass is 201 g/mol. The summed E-state index contributed by atoms with van der Waals surface area (Å²) in [7, 11) is 0. The molecule has 0 spiro atoms. The van der Waals surface area contributed by atoms with Crippen LogP contribution in [0.4, 0.5) is 0 Å². The van der Waals surface area contributed by atoms with Crippen LogP contribution in [0.25, 0.3) is 11.1 Å². The van der Waals surface area contributed by atoms with Crippen LogP contribution in [0.2, 0.25) is 5.02 Å². The first-order chi connectivity index (χ1) is 6.77. The fourth-order valence-corrected chi connectivity index (χ4v) is 1.68. The summed E-state index contributed by atoms with van der Waals surface area (Å²) in [5.41, 5.74) is 3.48. The van der Waals surface area contributed by atoms with Gasteiger partial charge in [-0.2, -0.15) is 0 Å². The van der Waals surface area contributed by atoms with E-state index in [-0.39, 0.29) is 0 Å². The zero-order valence-corrected chi connectivity index (χ0v) is 8.68. The van der Waals surface area contributed by atoms with E-state index < -0.39 is 0 Å². The maximum absolute atomic E-state index is 5.94. The predicted molar refractivity (Wildman–Crippen MR) is 60.5 cm³/mol. The summed E-state index contributed by atoms with van der Waals surface area (Å²) in [4.78, 5) is 0. The van der Waals surface area contributed by atoms with E-state index in [1.165, 1.54) is 5.56 Å². The number of halogens is 1. The second-order valence-corrected chi connectivity index (χ2v) is 3.66. The fourth-order valence-electron chi connectivity index (χ4n) is 1.49. The molecule has 0 atom stereocenters. The Balaban J connectivity index is 2.55. The van der Waals surface area contributed by atoms with Gasteiger partial charge in [0, 0.05) is 5.02 Å². The highest BCUT2D eigenvalue weighted by atomic mass is 35.5. The number of hydrogen-bond acceptors (Lipinski definition) is 0. The van der Waals surface area contributed by atoms with Crippen LogP contribution in [0.3, 0.4) is 0 Å². The van der Waals surface area contributed by atoms with Crippen molar-refractivity contribution in [1.82, 2.24) is 0 Å². The van der Waals surface area contributed by atoms with Crippen LogP contribution in [-0.4, -0.2) is 0 Å². The molecule has 0 saturated carbocycles. The third kappa shape index (κ3) is 1.80. The Bertz CT molecular complexity index is 446. The Morgan fingerprint density at radius 2 is 2.00 bits per heavy atom. The lowest BCUT2D eigenvalue weighted by molar-refractivity contribution is 1.45. The Kier molecular flexibility index (Phi) is 2.55. The molecule has 0 fully saturated rings. The largest absolute Gasteiger partial charge is 0.0843 e. The zero-order chi connectivity index (χ0) is 9.97. The Labute approximate surface area is 89.2 Å². The third-order valence-electron chi connectivity index (χ3n) is 2.20. The van der Waals surface area contributed by atoms with Gasteiger partial charge in [0.05, 0.1) is 0 Å². The highest BCUT2D eigenvalue weighted by Crippen LogP contribution is 2.24. The predicted octanol–water partition coefficient (Wildman–Crippen LogP) is 4.12. The number of hydrogen-bond donors (Lipinski definition) is 0. The van der Waals surface area contributed by atoms with Gasteiger partial charge in [-0.15, -0.1) is 0 Å². The van der Waals surface area contributed by atoms with Crippen LogP contribution >= 0.6 is 11.6 Å². The molecule has 0 unspecified atom stereocenters. The van der Waals surface area contributed by atoms with Crippen molar-refractivity contribution in [2.45, 2.75) is 6.92 Å². The van der Waals surface area contributed by atoms with Crippen molar-refractivity contribution in [2.24, 2.45) is 0 Å². The van der Waals surface area contributed by atoms with E-state index in [1.54, 1.807) is 0 Å². The molecular weight excluding hydrogens is 192 g/mol. The standard InChI is InChI=1S/C13H10Cl/c1-10-5-2-3-8-13(10)11-6-4-7-12(14)9-11/h2-4,6-9H,1H3. The first-order valence-corrected chi connectivity index (χ1v) is 4.88. The SMILES string of the molecule is Cc1[c]cccc1-c1cccc(Cl)c1. The minimum absolute atomic E-state index is 0.769. The molecule has 0 nitrogen and oxygen atoms in total. The van der Waals surface area contributed by atoms with Crippen molar-refractivity contribution < 1.29 is 0 Å². The highest BCUT2D eigenvalue weighted by molar-refractivity contribution is 6.30. The van der Waals surface area contributed by atoms with Gasteiger partial charge in [-0.3, -0.25) is 0 Å². The summed E-state index contributed by atoms with van der Waals surface area (Å²) in [5.74, 6) is 0. The third-order valence-corrected chi connectivity index (χ3v) is 2.43. The molecule has 14 heavy (non-hydrogen) atoms. The Morgan fingerprint density at radius 3 is 2.71 bits per heavy atom. The van der Waals surface area contributed by atoms with Crippen LogP contribution in [0, 0.1) is 13.0 Å². The van der Waals surface area contributed by atoms with Gasteiger partial charge in [0.1, 0.15) is 0 Å². The fraction of sp³-hybridized carbons (Fsp3) is 0.0769. The summed E-state index contributed by atoms with van der Waals surface area (Å²) in [6.07, 6.45) is 0. The highest BCUT2D eigenvalue weighted by Gasteiger charge is 2.00. The molecule has 0 aliphatic rings. The zero-order valence-electron chi connectivity index (χ0n) is 7.92. The molecule has 0 N–H and O–H groups in total. The molecular formula is C13H10Cl. The van der Waals surface area contributed by atoms with E-state index >= 15 is 0 Å². The topological polar surface area (TPSA) is 0 Å². The molecule has 0 bridgehead atoms. The Hall–Kier alpha value is -1.27. The van der Waals surface area contributed by atoms with Gasteiger partial charge in [-0.1, -0.05) is 41.9 Å². The number of rotatable bonds is 1. The molecule has 0 aliphatic heterocycles. The van der Waals surface area contributed by atoms with Crippen molar-refractivity contribution >= 4 is 11.6 Å². The van der Waals surface area contributed by atoms with Crippen LogP contribution in [0.15, 0.2) is 42.5 Å². The molecule has 1 radical (unpaired) electrons. The van der Waals surface area contributed by atoms with E-state index in [1.807, 2.05) is 30.3 Å². The minimum atomic E-state index is 0.769. The van der Waals surface area contributed by atoms with Crippen molar-refractivity contribution in [3.63, 3.8) is 0 Å². The molecule has 2 aromatic carbocycles. The van der Waals surface area contributed by atoms with Crippen molar-refractivity contribution in [3.8, 4) is 11.1 Å². The molecule has 0 saturated heterocycles. The van der Waals surface area contributed by atoms with Crippen molar-refractivity contribution in [2.75, 3.05) is 0 Å². The maximum atomic E-state index is 5.94. The van der Waals surface area contributed by atoms with E-state index in [9.17, 15) is 0 Å². The smallest absolute Gasteiger partial charge is 0.0412 e. The van der Waals surface area contributed by atoms with Gasteiger partial charge in [0.15, 0.2) is 0 Å². The first kappa shape index (κ1) is 9.29. The first-order valence-electron chi connectivity index (χ1n) is 4.50. The molecule has 2 rings (SSSR count).